The molecule has 2 aromatic carbocycles. The van der Waals surface area contributed by atoms with E-state index in [1.165, 1.54) is 4.90 Å². The SMILES string of the molecule is C=CCOc1ccc(C(O)=C2C(=O)C(=O)N(Cc3cccnc3)[C@@H]2c2ccc(Cl)cc2)cc1C. The number of carbonyl (C=O) groups is 2. The van der Waals surface area contributed by atoms with Crippen LogP contribution in [0.2, 0.25) is 5.02 Å². The molecule has 0 spiro atoms. The number of halogens is 1. The maximum atomic E-state index is 13.2. The smallest absolute Gasteiger partial charge is 0.295 e. The maximum absolute atomic E-state index is 13.2. The Labute approximate surface area is 202 Å². The summed E-state index contributed by atoms with van der Waals surface area (Å²) in [6.45, 7) is 5.99. The van der Waals surface area contributed by atoms with Crippen molar-refractivity contribution in [1.82, 2.24) is 9.88 Å². The van der Waals surface area contributed by atoms with Gasteiger partial charge in [0.25, 0.3) is 11.7 Å². The van der Waals surface area contributed by atoms with E-state index in [0.29, 0.717) is 28.5 Å². The van der Waals surface area contributed by atoms with Gasteiger partial charge in [0.15, 0.2) is 0 Å². The minimum Gasteiger partial charge on any atom is -0.507 e. The van der Waals surface area contributed by atoms with Crippen molar-refractivity contribution in [3.63, 3.8) is 0 Å². The summed E-state index contributed by atoms with van der Waals surface area (Å²) in [7, 11) is 0. The first kappa shape index (κ1) is 23.3. The number of ketones is 1. The van der Waals surface area contributed by atoms with Crippen LogP contribution in [-0.4, -0.2) is 33.3 Å². The van der Waals surface area contributed by atoms with E-state index < -0.39 is 17.7 Å². The molecule has 0 saturated carbocycles. The van der Waals surface area contributed by atoms with Gasteiger partial charge in [-0.25, -0.2) is 0 Å². The molecular formula is C27H23ClN2O4. The van der Waals surface area contributed by atoms with Gasteiger partial charge < -0.3 is 14.7 Å². The van der Waals surface area contributed by atoms with Crippen molar-refractivity contribution >= 4 is 29.1 Å². The minimum atomic E-state index is -0.783. The first-order chi connectivity index (χ1) is 16.4. The molecular weight excluding hydrogens is 452 g/mol. The average Bonchev–Trinajstić information content (AvgIpc) is 3.09. The minimum absolute atomic E-state index is 0.0235. The third-order valence-corrected chi connectivity index (χ3v) is 5.86. The number of Topliss-reactive ketones (excluding diaryl/α,β-unsaturated/α-hetero) is 1. The topological polar surface area (TPSA) is 79.7 Å². The van der Waals surface area contributed by atoms with Gasteiger partial charge in [0.2, 0.25) is 0 Å². The molecule has 0 unspecified atom stereocenters. The number of carbonyl (C=O) groups excluding carboxylic acids is 2. The number of pyridine rings is 1. The highest BCUT2D eigenvalue weighted by Crippen LogP contribution is 2.41. The maximum Gasteiger partial charge on any atom is 0.295 e. The number of aliphatic hydroxyl groups is 1. The second-order valence-corrected chi connectivity index (χ2v) is 8.36. The highest BCUT2D eigenvalue weighted by Gasteiger charge is 2.46. The number of nitrogens with zero attached hydrogens (tertiary/aromatic N) is 2. The van der Waals surface area contributed by atoms with Gasteiger partial charge in [0, 0.05) is 29.5 Å². The summed E-state index contributed by atoms with van der Waals surface area (Å²) in [5.41, 5.74) is 2.65. The van der Waals surface area contributed by atoms with Crippen molar-refractivity contribution in [3.8, 4) is 5.75 Å². The number of hydrogen-bond acceptors (Lipinski definition) is 5. The molecule has 1 atom stereocenters. The Morgan fingerprint density at radius 1 is 1.21 bits per heavy atom. The van der Waals surface area contributed by atoms with Crippen LogP contribution in [0.25, 0.3) is 5.76 Å². The van der Waals surface area contributed by atoms with Gasteiger partial charge in [-0.1, -0.05) is 42.5 Å². The van der Waals surface area contributed by atoms with Gasteiger partial charge in [0.05, 0.1) is 11.6 Å². The predicted molar refractivity (Wildman–Crippen MR) is 130 cm³/mol. The Hall–Kier alpha value is -3.90. The monoisotopic (exact) mass is 474 g/mol. The van der Waals surface area contributed by atoms with E-state index in [0.717, 1.165) is 11.1 Å². The Morgan fingerprint density at radius 3 is 2.62 bits per heavy atom. The lowest BCUT2D eigenvalue weighted by Gasteiger charge is -2.25. The zero-order valence-corrected chi connectivity index (χ0v) is 19.3. The van der Waals surface area contributed by atoms with Crippen LogP contribution in [0, 0.1) is 6.92 Å². The van der Waals surface area contributed by atoms with Crippen molar-refractivity contribution in [2.45, 2.75) is 19.5 Å². The van der Waals surface area contributed by atoms with E-state index in [-0.39, 0.29) is 17.9 Å². The van der Waals surface area contributed by atoms with E-state index in [4.69, 9.17) is 16.3 Å². The molecule has 1 aliphatic heterocycles. The van der Waals surface area contributed by atoms with Crippen LogP contribution in [-0.2, 0) is 16.1 Å². The van der Waals surface area contributed by atoms with Crippen molar-refractivity contribution in [2.24, 2.45) is 0 Å². The standard InChI is InChI=1S/C27H23ClN2O4/c1-3-13-34-22-11-8-20(14-17(22)2)25(31)23-24(19-6-9-21(28)10-7-19)30(27(33)26(23)32)16-18-5-4-12-29-15-18/h3-12,14-15,24,31H,1,13,16H2,2H3/t24-/m1/s1. The van der Waals surface area contributed by atoms with E-state index in [1.54, 1.807) is 67.0 Å². The third-order valence-electron chi connectivity index (χ3n) is 5.61. The van der Waals surface area contributed by atoms with Crippen molar-refractivity contribution < 1.29 is 19.4 Å². The molecule has 1 N–H and O–H groups in total. The number of aliphatic hydroxyl groups excluding tert-OH is 1. The van der Waals surface area contributed by atoms with E-state index in [9.17, 15) is 14.7 Å². The van der Waals surface area contributed by atoms with Crippen LogP contribution in [0.5, 0.6) is 5.75 Å². The van der Waals surface area contributed by atoms with Crippen LogP contribution >= 0.6 is 11.6 Å². The third kappa shape index (κ3) is 4.58. The lowest BCUT2D eigenvalue weighted by Crippen LogP contribution is -2.29. The highest BCUT2D eigenvalue weighted by molar-refractivity contribution is 6.46. The van der Waals surface area contributed by atoms with Gasteiger partial charge in [-0.15, -0.1) is 0 Å². The highest BCUT2D eigenvalue weighted by atomic mass is 35.5. The zero-order chi connectivity index (χ0) is 24.2. The first-order valence-electron chi connectivity index (χ1n) is 10.7. The van der Waals surface area contributed by atoms with E-state index >= 15 is 0 Å². The Balaban J connectivity index is 1.81. The number of aromatic nitrogens is 1. The van der Waals surface area contributed by atoms with Crippen LogP contribution in [0.1, 0.15) is 28.3 Å². The number of aryl methyl sites for hydroxylation is 1. The number of benzene rings is 2. The summed E-state index contributed by atoms with van der Waals surface area (Å²) in [4.78, 5) is 31.8. The van der Waals surface area contributed by atoms with Gasteiger partial charge >= 0.3 is 0 Å². The molecule has 6 nitrogen and oxygen atoms in total. The fraction of sp³-hybridized carbons (Fsp3) is 0.148. The quantitative estimate of drug-likeness (QED) is 0.219. The normalized spacial score (nSPS) is 17.1. The first-order valence-corrected chi connectivity index (χ1v) is 11.1. The molecule has 34 heavy (non-hydrogen) atoms. The Kier molecular flexibility index (Phi) is 6.80. The second-order valence-electron chi connectivity index (χ2n) is 7.92. The molecule has 172 valence electrons. The Bertz CT molecular complexity index is 1270. The molecule has 1 fully saturated rings. The summed E-state index contributed by atoms with van der Waals surface area (Å²) >= 11 is 6.07. The van der Waals surface area contributed by atoms with Gasteiger partial charge in [0.1, 0.15) is 18.1 Å². The van der Waals surface area contributed by atoms with E-state index in [1.807, 2.05) is 13.0 Å². The number of likely N-dealkylation sites (tertiary alicyclic amines) is 1. The number of hydrogen-bond donors (Lipinski definition) is 1. The molecule has 0 aliphatic carbocycles. The van der Waals surface area contributed by atoms with Gasteiger partial charge in [-0.2, -0.15) is 0 Å². The Morgan fingerprint density at radius 2 is 1.97 bits per heavy atom. The average molecular weight is 475 g/mol. The summed E-state index contributed by atoms with van der Waals surface area (Å²) in [6.07, 6.45) is 4.92. The molecule has 0 radical (unpaired) electrons. The van der Waals surface area contributed by atoms with Crippen LogP contribution < -0.4 is 4.74 Å². The van der Waals surface area contributed by atoms with Crippen LogP contribution in [0.3, 0.4) is 0 Å². The number of amides is 1. The molecule has 1 amide bonds. The van der Waals surface area contributed by atoms with Crippen molar-refractivity contribution in [3.05, 3.63) is 112 Å². The lowest BCUT2D eigenvalue weighted by atomic mass is 9.94. The van der Waals surface area contributed by atoms with Crippen molar-refractivity contribution in [1.29, 1.82) is 0 Å². The second kappa shape index (κ2) is 9.93. The fourth-order valence-corrected chi connectivity index (χ4v) is 4.11. The van der Waals surface area contributed by atoms with Crippen LogP contribution in [0.4, 0.5) is 0 Å². The molecule has 7 heteroatoms. The molecule has 2 heterocycles. The zero-order valence-electron chi connectivity index (χ0n) is 18.6. The predicted octanol–water partition coefficient (Wildman–Crippen LogP) is 5.23. The summed E-state index contributed by atoms with van der Waals surface area (Å²) in [6, 6.07) is 14.8. The molecule has 0 bridgehead atoms. The molecule has 1 saturated heterocycles. The van der Waals surface area contributed by atoms with Crippen LogP contribution in [0.15, 0.2) is 85.2 Å². The summed E-state index contributed by atoms with van der Waals surface area (Å²) in [5, 5.41) is 11.8. The summed E-state index contributed by atoms with van der Waals surface area (Å²) < 4.78 is 5.61. The largest absolute Gasteiger partial charge is 0.507 e. The summed E-state index contributed by atoms with van der Waals surface area (Å²) in [5.74, 6) is -1.04. The number of rotatable bonds is 7. The van der Waals surface area contributed by atoms with E-state index in [2.05, 4.69) is 11.6 Å². The molecule has 1 aromatic heterocycles. The van der Waals surface area contributed by atoms with Crippen molar-refractivity contribution in [2.75, 3.05) is 6.61 Å². The fourth-order valence-electron chi connectivity index (χ4n) is 3.99. The van der Waals surface area contributed by atoms with Gasteiger partial charge in [-0.05, 0) is 60.0 Å². The molecule has 3 aromatic rings. The number of ether oxygens (including phenoxy) is 1. The molecule has 4 rings (SSSR count). The lowest BCUT2D eigenvalue weighted by molar-refractivity contribution is -0.140. The molecule has 1 aliphatic rings. The van der Waals surface area contributed by atoms with Gasteiger partial charge in [-0.3, -0.25) is 14.6 Å².